The lowest BCUT2D eigenvalue weighted by Crippen LogP contribution is -2.48. The number of carbonyl (C=O) groups excluding carboxylic acids is 4. The molecule has 0 aliphatic rings. The van der Waals surface area contributed by atoms with Crippen LogP contribution >= 0.6 is 0 Å². The first kappa shape index (κ1) is 51.9. The average Bonchev–Trinajstić information content (AvgIpc) is 3.15. The maximum absolute atomic E-state index is 13.9. The van der Waals surface area contributed by atoms with E-state index >= 15 is 0 Å². The molecule has 0 fully saturated rings. The summed E-state index contributed by atoms with van der Waals surface area (Å²) in [6.07, 6.45) is 32.5. The van der Waals surface area contributed by atoms with Crippen LogP contribution < -0.4 is 0 Å². The molecule has 0 saturated heterocycles. The Morgan fingerprint density at radius 3 is 0.944 bits per heavy atom. The van der Waals surface area contributed by atoms with Crippen molar-refractivity contribution in [2.45, 2.75) is 252 Å². The van der Waals surface area contributed by atoms with Crippen molar-refractivity contribution in [1.82, 2.24) is 0 Å². The van der Waals surface area contributed by atoms with Gasteiger partial charge in [0.05, 0.1) is 32.7 Å². The van der Waals surface area contributed by atoms with Crippen LogP contribution in [0.5, 0.6) is 0 Å². The summed E-state index contributed by atoms with van der Waals surface area (Å²) in [5, 5.41) is 0. The van der Waals surface area contributed by atoms with E-state index in [1.165, 1.54) is 96.3 Å². The molecule has 0 aromatic heterocycles. The van der Waals surface area contributed by atoms with Crippen molar-refractivity contribution in [3.05, 3.63) is 0 Å². The van der Waals surface area contributed by atoms with Gasteiger partial charge in [-0.3, -0.25) is 14.4 Å². The topological polar surface area (TPSA) is 105 Å². The fraction of sp³-hybridized carbons (Fsp3) is 0.913. The lowest BCUT2D eigenvalue weighted by Gasteiger charge is -2.30. The molecule has 0 heterocycles. The van der Waals surface area contributed by atoms with E-state index in [4.69, 9.17) is 18.9 Å². The van der Waals surface area contributed by atoms with Crippen LogP contribution in [-0.4, -0.2) is 49.3 Å². The SMILES string of the molecule is CCCCCCCCCCOC(=O)CC(CC(=O)OCCCCCCCCCC)(OC(=O)CCCCCCCCC)C(=O)OCCCCCCCCCC. The normalized spacial score (nSPS) is 11.4. The lowest BCUT2D eigenvalue weighted by atomic mass is 9.94. The third-order valence-electron chi connectivity index (χ3n) is 10.3. The standard InChI is InChI=1S/C46H86O8/c1-5-9-13-17-21-25-29-33-37-51-43(48)40-46(54-42(47)36-32-28-24-20-16-12-8-4,45(50)53-39-35-31-27-23-19-15-11-7-3)41-44(49)52-38-34-30-26-22-18-14-10-6-2/h5-41H2,1-4H3. The van der Waals surface area contributed by atoms with Gasteiger partial charge in [-0.05, 0) is 25.7 Å². The lowest BCUT2D eigenvalue weighted by molar-refractivity contribution is -0.191. The second kappa shape index (κ2) is 39.1. The van der Waals surface area contributed by atoms with Gasteiger partial charge in [0.25, 0.3) is 0 Å². The van der Waals surface area contributed by atoms with Crippen molar-refractivity contribution >= 4 is 23.9 Å². The summed E-state index contributed by atoms with van der Waals surface area (Å²) in [5.41, 5.74) is -2.12. The highest BCUT2D eigenvalue weighted by atomic mass is 16.6. The second-order valence-electron chi connectivity index (χ2n) is 15.7. The molecule has 318 valence electrons. The van der Waals surface area contributed by atoms with Gasteiger partial charge in [0, 0.05) is 6.42 Å². The zero-order valence-electron chi connectivity index (χ0n) is 35.9. The third-order valence-corrected chi connectivity index (χ3v) is 10.3. The quantitative estimate of drug-likeness (QED) is 0.0344. The summed E-state index contributed by atoms with van der Waals surface area (Å²) in [4.78, 5) is 53.8. The minimum Gasteiger partial charge on any atom is -0.466 e. The number of rotatable bonds is 41. The number of ether oxygens (including phenoxy) is 4. The van der Waals surface area contributed by atoms with Gasteiger partial charge in [0.2, 0.25) is 5.60 Å². The minimum absolute atomic E-state index is 0.0987. The highest BCUT2D eigenvalue weighted by Crippen LogP contribution is 2.27. The van der Waals surface area contributed by atoms with E-state index in [0.717, 1.165) is 77.0 Å². The summed E-state index contributed by atoms with van der Waals surface area (Å²) >= 11 is 0. The molecule has 0 amide bonds. The number of carbonyl (C=O) groups is 4. The Bertz CT molecular complexity index is 852. The molecular formula is C46H86O8. The fourth-order valence-electron chi connectivity index (χ4n) is 6.76. The highest BCUT2D eigenvalue weighted by Gasteiger charge is 2.49. The minimum atomic E-state index is -2.12. The average molecular weight is 767 g/mol. The van der Waals surface area contributed by atoms with Gasteiger partial charge in [-0.15, -0.1) is 0 Å². The Labute approximate surface area is 332 Å². The van der Waals surface area contributed by atoms with Crippen LogP contribution in [0.1, 0.15) is 246 Å². The van der Waals surface area contributed by atoms with Crippen molar-refractivity contribution in [2.75, 3.05) is 19.8 Å². The molecule has 0 aliphatic carbocycles. The highest BCUT2D eigenvalue weighted by molar-refractivity contribution is 5.92. The Balaban J connectivity index is 5.54. The first-order chi connectivity index (χ1) is 26.3. The summed E-state index contributed by atoms with van der Waals surface area (Å²) in [6.45, 7) is 9.36. The zero-order valence-corrected chi connectivity index (χ0v) is 35.9. The molecule has 8 nitrogen and oxygen atoms in total. The number of hydrogen-bond donors (Lipinski definition) is 0. The number of hydrogen-bond acceptors (Lipinski definition) is 8. The van der Waals surface area contributed by atoms with Crippen molar-refractivity contribution in [3.63, 3.8) is 0 Å². The maximum Gasteiger partial charge on any atom is 0.351 e. The van der Waals surface area contributed by atoms with E-state index < -0.39 is 42.3 Å². The largest absolute Gasteiger partial charge is 0.466 e. The molecule has 0 radical (unpaired) electrons. The Morgan fingerprint density at radius 1 is 0.333 bits per heavy atom. The molecule has 0 atom stereocenters. The molecule has 0 unspecified atom stereocenters. The summed E-state index contributed by atoms with van der Waals surface area (Å²) < 4.78 is 22.7. The first-order valence-corrected chi connectivity index (χ1v) is 23.0. The van der Waals surface area contributed by atoms with Crippen LogP contribution in [0.2, 0.25) is 0 Å². The number of unbranched alkanes of at least 4 members (excludes halogenated alkanes) is 27. The Hall–Kier alpha value is -2.12. The van der Waals surface area contributed by atoms with E-state index in [-0.39, 0.29) is 26.2 Å². The molecule has 0 spiro atoms. The van der Waals surface area contributed by atoms with E-state index in [2.05, 4.69) is 27.7 Å². The Kier molecular flexibility index (Phi) is 37.6. The van der Waals surface area contributed by atoms with Crippen LogP contribution in [0.4, 0.5) is 0 Å². The van der Waals surface area contributed by atoms with Crippen molar-refractivity contribution < 1.29 is 38.1 Å². The van der Waals surface area contributed by atoms with Crippen LogP contribution in [0.3, 0.4) is 0 Å². The van der Waals surface area contributed by atoms with E-state index in [1.54, 1.807) is 0 Å². The monoisotopic (exact) mass is 767 g/mol. The molecule has 0 aromatic carbocycles. The second-order valence-corrected chi connectivity index (χ2v) is 15.7. The third kappa shape index (κ3) is 32.2. The summed E-state index contributed by atoms with van der Waals surface area (Å²) in [6, 6.07) is 0. The van der Waals surface area contributed by atoms with E-state index in [0.29, 0.717) is 25.7 Å². The van der Waals surface area contributed by atoms with Gasteiger partial charge in [-0.1, -0.05) is 201 Å². The van der Waals surface area contributed by atoms with E-state index in [1.807, 2.05) is 0 Å². The zero-order chi connectivity index (χ0) is 39.8. The smallest absolute Gasteiger partial charge is 0.351 e. The first-order valence-electron chi connectivity index (χ1n) is 23.0. The molecule has 0 N–H and O–H groups in total. The van der Waals surface area contributed by atoms with Crippen molar-refractivity contribution in [3.8, 4) is 0 Å². The van der Waals surface area contributed by atoms with Gasteiger partial charge in [0.15, 0.2) is 0 Å². The molecular weight excluding hydrogens is 680 g/mol. The Morgan fingerprint density at radius 2 is 0.611 bits per heavy atom. The molecule has 0 bridgehead atoms. The molecule has 8 heteroatoms. The molecule has 0 saturated carbocycles. The summed E-state index contributed by atoms with van der Waals surface area (Å²) in [7, 11) is 0. The fourth-order valence-corrected chi connectivity index (χ4v) is 6.76. The van der Waals surface area contributed by atoms with Gasteiger partial charge in [-0.2, -0.15) is 0 Å². The molecule has 0 aliphatic heterocycles. The van der Waals surface area contributed by atoms with Crippen LogP contribution in [-0.2, 0) is 38.1 Å². The van der Waals surface area contributed by atoms with Gasteiger partial charge < -0.3 is 18.9 Å². The molecule has 0 aromatic rings. The number of esters is 4. The van der Waals surface area contributed by atoms with Crippen LogP contribution in [0, 0.1) is 0 Å². The van der Waals surface area contributed by atoms with Crippen LogP contribution in [0.15, 0.2) is 0 Å². The summed E-state index contributed by atoms with van der Waals surface area (Å²) in [5.74, 6) is -2.84. The van der Waals surface area contributed by atoms with Gasteiger partial charge >= 0.3 is 23.9 Å². The molecule has 54 heavy (non-hydrogen) atoms. The van der Waals surface area contributed by atoms with Crippen molar-refractivity contribution in [2.24, 2.45) is 0 Å². The predicted molar refractivity (Wildman–Crippen MR) is 221 cm³/mol. The molecule has 0 rings (SSSR count). The van der Waals surface area contributed by atoms with Gasteiger partial charge in [0.1, 0.15) is 0 Å². The maximum atomic E-state index is 13.9. The predicted octanol–water partition coefficient (Wildman–Crippen LogP) is 13.2. The van der Waals surface area contributed by atoms with Crippen molar-refractivity contribution in [1.29, 1.82) is 0 Å². The van der Waals surface area contributed by atoms with Crippen LogP contribution in [0.25, 0.3) is 0 Å². The van der Waals surface area contributed by atoms with E-state index in [9.17, 15) is 19.2 Å². The van der Waals surface area contributed by atoms with Gasteiger partial charge in [-0.25, -0.2) is 4.79 Å².